The van der Waals surface area contributed by atoms with E-state index in [9.17, 15) is 5.11 Å². The van der Waals surface area contributed by atoms with Gasteiger partial charge in [-0.2, -0.15) is 5.10 Å². The highest BCUT2D eigenvalue weighted by Crippen LogP contribution is 2.18. The van der Waals surface area contributed by atoms with Crippen LogP contribution in [-0.4, -0.2) is 47.9 Å². The molecule has 0 aliphatic heterocycles. The van der Waals surface area contributed by atoms with Crippen LogP contribution < -0.4 is 0 Å². The molecule has 5 nitrogen and oxygen atoms in total. The van der Waals surface area contributed by atoms with Gasteiger partial charge in [0.15, 0.2) is 0 Å². The van der Waals surface area contributed by atoms with E-state index in [0.717, 1.165) is 11.4 Å². The van der Waals surface area contributed by atoms with Crippen molar-refractivity contribution in [3.63, 3.8) is 0 Å². The summed E-state index contributed by atoms with van der Waals surface area (Å²) in [5.74, 6) is 0. The second kappa shape index (κ2) is 6.96. The van der Waals surface area contributed by atoms with Gasteiger partial charge in [0, 0.05) is 7.11 Å². The monoisotopic (exact) mass is 262 g/mol. The van der Waals surface area contributed by atoms with Crippen LogP contribution in [0.1, 0.15) is 11.4 Å². The second-order valence-electron chi connectivity index (χ2n) is 3.89. The Balaban J connectivity index is 2.39. The number of halogens is 1. The standard InChI is InChI=1S/C11H19ClN2O3/c1-8-11(12)9(2)14(13-8)6-10(15)7-17-5-4-16-3/h10,15H,4-7H2,1-3H3. The van der Waals surface area contributed by atoms with Crippen molar-refractivity contribution in [2.24, 2.45) is 0 Å². The molecule has 1 rings (SSSR count). The Morgan fingerprint density at radius 3 is 2.65 bits per heavy atom. The van der Waals surface area contributed by atoms with E-state index < -0.39 is 6.10 Å². The number of aromatic nitrogens is 2. The lowest BCUT2D eigenvalue weighted by atomic mass is 10.3. The summed E-state index contributed by atoms with van der Waals surface area (Å²) in [6.45, 7) is 5.36. The third-order valence-corrected chi connectivity index (χ3v) is 2.97. The topological polar surface area (TPSA) is 56.5 Å². The van der Waals surface area contributed by atoms with Crippen molar-refractivity contribution in [3.8, 4) is 0 Å². The lowest BCUT2D eigenvalue weighted by molar-refractivity contribution is 0.00574. The number of nitrogens with zero attached hydrogens (tertiary/aromatic N) is 2. The van der Waals surface area contributed by atoms with Gasteiger partial charge < -0.3 is 14.6 Å². The van der Waals surface area contributed by atoms with Crippen LogP contribution in [-0.2, 0) is 16.0 Å². The number of hydrogen-bond acceptors (Lipinski definition) is 4. The van der Waals surface area contributed by atoms with E-state index in [1.54, 1.807) is 11.8 Å². The van der Waals surface area contributed by atoms with Gasteiger partial charge in [-0.25, -0.2) is 0 Å². The van der Waals surface area contributed by atoms with Crippen molar-refractivity contribution < 1.29 is 14.6 Å². The predicted molar refractivity (Wildman–Crippen MR) is 65.4 cm³/mol. The molecule has 0 amide bonds. The molecule has 1 unspecified atom stereocenters. The molecule has 0 saturated heterocycles. The fourth-order valence-corrected chi connectivity index (χ4v) is 1.60. The fourth-order valence-electron chi connectivity index (χ4n) is 1.47. The van der Waals surface area contributed by atoms with Crippen LogP contribution in [0.3, 0.4) is 0 Å². The van der Waals surface area contributed by atoms with Crippen molar-refractivity contribution in [2.75, 3.05) is 26.9 Å². The first kappa shape index (κ1) is 14.4. The van der Waals surface area contributed by atoms with E-state index >= 15 is 0 Å². The Bertz CT molecular complexity index is 355. The summed E-state index contributed by atoms with van der Waals surface area (Å²) in [7, 11) is 1.61. The maximum absolute atomic E-state index is 9.76. The average Bonchev–Trinajstić information content (AvgIpc) is 2.53. The van der Waals surface area contributed by atoms with Crippen molar-refractivity contribution in [1.82, 2.24) is 9.78 Å². The van der Waals surface area contributed by atoms with Gasteiger partial charge in [-0.15, -0.1) is 0 Å². The van der Waals surface area contributed by atoms with E-state index in [2.05, 4.69) is 5.10 Å². The van der Waals surface area contributed by atoms with Crippen LogP contribution in [0, 0.1) is 13.8 Å². The molecule has 1 heterocycles. The number of ether oxygens (including phenoxy) is 2. The molecule has 6 heteroatoms. The Labute approximate surface area is 106 Å². The number of aryl methyl sites for hydroxylation is 1. The van der Waals surface area contributed by atoms with Crippen LogP contribution in [0.5, 0.6) is 0 Å². The van der Waals surface area contributed by atoms with Crippen molar-refractivity contribution in [1.29, 1.82) is 0 Å². The first-order valence-corrected chi connectivity index (χ1v) is 5.88. The molecule has 1 atom stereocenters. The average molecular weight is 263 g/mol. The van der Waals surface area contributed by atoms with Gasteiger partial charge >= 0.3 is 0 Å². The largest absolute Gasteiger partial charge is 0.389 e. The van der Waals surface area contributed by atoms with Crippen LogP contribution in [0.2, 0.25) is 5.02 Å². The van der Waals surface area contributed by atoms with Gasteiger partial charge in [0.2, 0.25) is 0 Å². The third kappa shape index (κ3) is 4.27. The molecule has 0 aliphatic carbocycles. The number of rotatable bonds is 7. The van der Waals surface area contributed by atoms with Gasteiger partial charge in [-0.1, -0.05) is 11.6 Å². The number of aliphatic hydroxyl groups is 1. The number of aliphatic hydroxyl groups excluding tert-OH is 1. The van der Waals surface area contributed by atoms with Crippen molar-refractivity contribution >= 4 is 11.6 Å². The molecule has 0 saturated carbocycles. The summed E-state index contributed by atoms with van der Waals surface area (Å²) in [5, 5.41) is 14.6. The maximum Gasteiger partial charge on any atom is 0.0969 e. The zero-order chi connectivity index (χ0) is 12.8. The first-order valence-electron chi connectivity index (χ1n) is 5.50. The Kier molecular flexibility index (Phi) is 5.91. The molecule has 0 aliphatic rings. The zero-order valence-electron chi connectivity index (χ0n) is 10.4. The zero-order valence-corrected chi connectivity index (χ0v) is 11.2. The summed E-state index contributed by atoms with van der Waals surface area (Å²) < 4.78 is 11.8. The normalized spacial score (nSPS) is 13.0. The highest BCUT2D eigenvalue weighted by atomic mass is 35.5. The molecule has 1 aromatic rings. The van der Waals surface area contributed by atoms with Crippen LogP contribution in [0.25, 0.3) is 0 Å². The van der Waals surface area contributed by atoms with Crippen molar-refractivity contribution in [3.05, 3.63) is 16.4 Å². The quantitative estimate of drug-likeness (QED) is 0.750. The minimum atomic E-state index is -0.596. The Hall–Kier alpha value is -0.620. The second-order valence-corrected chi connectivity index (χ2v) is 4.27. The first-order chi connectivity index (χ1) is 8.06. The lowest BCUT2D eigenvalue weighted by Gasteiger charge is -2.12. The molecule has 0 bridgehead atoms. The molecule has 1 N–H and O–H groups in total. The van der Waals surface area contributed by atoms with E-state index in [4.69, 9.17) is 21.1 Å². The summed E-state index contributed by atoms with van der Waals surface area (Å²) in [6.07, 6.45) is -0.596. The van der Waals surface area contributed by atoms with Gasteiger partial charge in [-0.3, -0.25) is 4.68 Å². The SMILES string of the molecule is COCCOCC(O)Cn1nc(C)c(Cl)c1C. The molecule has 0 spiro atoms. The van der Waals surface area contributed by atoms with Gasteiger partial charge in [0.25, 0.3) is 0 Å². The van der Waals surface area contributed by atoms with Gasteiger partial charge in [0.05, 0.1) is 48.9 Å². The fraction of sp³-hybridized carbons (Fsp3) is 0.727. The Morgan fingerprint density at radius 1 is 1.41 bits per heavy atom. The molecule has 1 aromatic heterocycles. The molecular weight excluding hydrogens is 244 g/mol. The summed E-state index contributed by atoms with van der Waals surface area (Å²) in [5.41, 5.74) is 1.64. The van der Waals surface area contributed by atoms with E-state index in [0.29, 0.717) is 24.8 Å². The van der Waals surface area contributed by atoms with Crippen LogP contribution >= 0.6 is 11.6 Å². The molecule has 0 fully saturated rings. The Morgan fingerprint density at radius 2 is 2.12 bits per heavy atom. The molecule has 0 radical (unpaired) electrons. The molecule has 98 valence electrons. The molecule has 0 aromatic carbocycles. The summed E-state index contributed by atoms with van der Waals surface area (Å²) in [4.78, 5) is 0. The molecule has 17 heavy (non-hydrogen) atoms. The van der Waals surface area contributed by atoms with E-state index in [1.165, 1.54) is 0 Å². The highest BCUT2D eigenvalue weighted by Gasteiger charge is 2.12. The third-order valence-electron chi connectivity index (χ3n) is 2.42. The van der Waals surface area contributed by atoms with E-state index in [-0.39, 0.29) is 6.61 Å². The van der Waals surface area contributed by atoms with E-state index in [1.807, 2.05) is 13.8 Å². The van der Waals surface area contributed by atoms with Crippen LogP contribution in [0.15, 0.2) is 0 Å². The van der Waals surface area contributed by atoms with Gasteiger partial charge in [0.1, 0.15) is 0 Å². The molecular formula is C11H19ClN2O3. The van der Waals surface area contributed by atoms with Crippen molar-refractivity contribution in [2.45, 2.75) is 26.5 Å². The highest BCUT2D eigenvalue weighted by molar-refractivity contribution is 6.31. The lowest BCUT2D eigenvalue weighted by Crippen LogP contribution is -2.24. The number of methoxy groups -OCH3 is 1. The summed E-state index contributed by atoms with van der Waals surface area (Å²) in [6, 6.07) is 0. The predicted octanol–water partition coefficient (Wildman–Crippen LogP) is 1.18. The summed E-state index contributed by atoms with van der Waals surface area (Å²) >= 11 is 6.01. The minimum Gasteiger partial charge on any atom is -0.389 e. The maximum atomic E-state index is 9.76. The smallest absolute Gasteiger partial charge is 0.0969 e. The minimum absolute atomic E-state index is 0.263. The van der Waals surface area contributed by atoms with Crippen LogP contribution in [0.4, 0.5) is 0 Å². The number of hydrogen-bond donors (Lipinski definition) is 1. The van der Waals surface area contributed by atoms with Gasteiger partial charge in [-0.05, 0) is 13.8 Å².